The molecular formula is C33H34ClF3N2O6. The highest BCUT2D eigenvalue weighted by atomic mass is 35.5. The standard InChI is InChI=1S/C33H34ClF3N2O6/c1-32(2,3)45-29(40)7-6-14-44-25-18-23(17-24(19-25)42-4)38-30(26-11-10-22(34)16-28(26)43-5)31(41)39-13-12-20-8-9-21(15-27(20)39)33(35,36)37/h8-13,15-19,30,38H,6-7,14H2,1-5H3. The monoisotopic (exact) mass is 646 g/mol. The number of benzene rings is 3. The Morgan fingerprint density at radius 3 is 2.33 bits per heavy atom. The minimum absolute atomic E-state index is 0.0919. The molecule has 0 aliphatic carbocycles. The summed E-state index contributed by atoms with van der Waals surface area (Å²) < 4.78 is 64.0. The van der Waals surface area contributed by atoms with E-state index in [0.717, 1.165) is 12.1 Å². The van der Waals surface area contributed by atoms with Crippen LogP contribution in [0, 0.1) is 0 Å². The van der Waals surface area contributed by atoms with E-state index in [1.54, 1.807) is 63.2 Å². The van der Waals surface area contributed by atoms with Gasteiger partial charge in [0.25, 0.3) is 5.91 Å². The Morgan fingerprint density at radius 2 is 1.67 bits per heavy atom. The van der Waals surface area contributed by atoms with Crippen molar-refractivity contribution in [2.75, 3.05) is 26.1 Å². The molecule has 4 aromatic rings. The summed E-state index contributed by atoms with van der Waals surface area (Å²) in [5.41, 5.74) is -0.561. The number of nitrogens with one attached hydrogen (secondary N) is 1. The molecule has 8 nitrogen and oxygen atoms in total. The number of methoxy groups -OCH3 is 2. The molecule has 4 rings (SSSR count). The summed E-state index contributed by atoms with van der Waals surface area (Å²) in [5, 5.41) is 4.01. The molecule has 0 spiro atoms. The van der Waals surface area contributed by atoms with Gasteiger partial charge in [-0.1, -0.05) is 23.7 Å². The first-order valence-corrected chi connectivity index (χ1v) is 14.4. The van der Waals surface area contributed by atoms with Crippen molar-refractivity contribution >= 4 is 40.1 Å². The van der Waals surface area contributed by atoms with Crippen LogP contribution in [0.4, 0.5) is 18.9 Å². The number of ether oxygens (including phenoxy) is 4. The van der Waals surface area contributed by atoms with Crippen LogP contribution < -0.4 is 19.5 Å². The third-order valence-corrected chi connectivity index (χ3v) is 6.89. The number of alkyl halides is 3. The number of halogens is 4. The third kappa shape index (κ3) is 8.63. The second kappa shape index (κ2) is 13.7. The molecule has 3 aromatic carbocycles. The zero-order valence-electron chi connectivity index (χ0n) is 25.5. The number of rotatable bonds is 11. The van der Waals surface area contributed by atoms with Gasteiger partial charge in [-0.25, -0.2) is 0 Å². The molecule has 0 radical (unpaired) electrons. The van der Waals surface area contributed by atoms with Crippen LogP contribution in [0.25, 0.3) is 10.9 Å². The highest BCUT2D eigenvalue weighted by Gasteiger charge is 2.32. The first-order valence-electron chi connectivity index (χ1n) is 14.0. The summed E-state index contributed by atoms with van der Waals surface area (Å²) in [7, 11) is 2.90. The minimum Gasteiger partial charge on any atom is -0.497 e. The number of carbonyl (C=O) groups excluding carboxylic acids is 2. The van der Waals surface area contributed by atoms with E-state index >= 15 is 0 Å². The SMILES string of the molecule is COc1cc(NC(C(=O)n2ccc3ccc(C(F)(F)F)cc32)c2ccc(Cl)cc2OC)cc(OCCCC(=O)OC(C)(C)C)c1. The summed E-state index contributed by atoms with van der Waals surface area (Å²) in [6, 6.07) is 13.3. The third-order valence-electron chi connectivity index (χ3n) is 6.65. The van der Waals surface area contributed by atoms with Gasteiger partial charge in [-0.15, -0.1) is 0 Å². The number of hydrogen-bond acceptors (Lipinski definition) is 7. The predicted octanol–water partition coefficient (Wildman–Crippen LogP) is 8.33. The van der Waals surface area contributed by atoms with Crippen molar-refractivity contribution in [3.8, 4) is 17.2 Å². The Labute approximate surface area is 264 Å². The molecule has 12 heteroatoms. The van der Waals surface area contributed by atoms with Crippen LogP contribution in [0.5, 0.6) is 17.2 Å². The first kappa shape index (κ1) is 33.5. The molecule has 1 unspecified atom stereocenters. The zero-order valence-corrected chi connectivity index (χ0v) is 26.2. The van der Waals surface area contributed by atoms with Crippen molar-refractivity contribution in [1.29, 1.82) is 0 Å². The van der Waals surface area contributed by atoms with Crippen LogP contribution in [0.2, 0.25) is 5.02 Å². The van der Waals surface area contributed by atoms with E-state index in [1.807, 2.05) is 0 Å². The molecule has 240 valence electrons. The van der Waals surface area contributed by atoms with Crippen molar-refractivity contribution in [2.24, 2.45) is 0 Å². The molecule has 45 heavy (non-hydrogen) atoms. The van der Waals surface area contributed by atoms with Crippen LogP contribution in [0.3, 0.4) is 0 Å². The molecule has 0 aliphatic heterocycles. The van der Waals surface area contributed by atoms with E-state index in [1.165, 1.54) is 31.0 Å². The number of aromatic nitrogens is 1. The van der Waals surface area contributed by atoms with E-state index in [4.69, 9.17) is 30.5 Å². The molecule has 0 aliphatic rings. The highest BCUT2D eigenvalue weighted by Crippen LogP contribution is 2.36. The molecule has 0 bridgehead atoms. The Hall–Kier alpha value is -4.38. The summed E-state index contributed by atoms with van der Waals surface area (Å²) in [6.45, 7) is 5.59. The Bertz CT molecular complexity index is 1680. The molecule has 0 saturated heterocycles. The van der Waals surface area contributed by atoms with Gasteiger partial charge in [-0.05, 0) is 57.5 Å². The van der Waals surface area contributed by atoms with Gasteiger partial charge in [0.15, 0.2) is 0 Å². The molecule has 0 saturated carbocycles. The molecule has 0 fully saturated rings. The smallest absolute Gasteiger partial charge is 0.416 e. The van der Waals surface area contributed by atoms with Crippen molar-refractivity contribution in [3.05, 3.63) is 83.0 Å². The van der Waals surface area contributed by atoms with Crippen LogP contribution >= 0.6 is 11.6 Å². The van der Waals surface area contributed by atoms with Crippen molar-refractivity contribution in [1.82, 2.24) is 4.57 Å². The summed E-state index contributed by atoms with van der Waals surface area (Å²) in [4.78, 5) is 26.2. The fourth-order valence-electron chi connectivity index (χ4n) is 4.65. The number of esters is 1. The lowest BCUT2D eigenvalue weighted by molar-refractivity contribution is -0.155. The lowest BCUT2D eigenvalue weighted by atomic mass is 10.0. The molecule has 1 heterocycles. The van der Waals surface area contributed by atoms with Gasteiger partial charge in [0.05, 0.1) is 31.9 Å². The Morgan fingerprint density at radius 1 is 0.933 bits per heavy atom. The number of nitrogens with zero attached hydrogens (tertiary/aromatic N) is 1. The molecule has 0 amide bonds. The highest BCUT2D eigenvalue weighted by molar-refractivity contribution is 6.30. The second-order valence-corrected chi connectivity index (χ2v) is 11.6. The molecule has 1 atom stereocenters. The molecular weight excluding hydrogens is 613 g/mol. The summed E-state index contributed by atoms with van der Waals surface area (Å²) >= 11 is 6.19. The first-order chi connectivity index (χ1) is 21.2. The van der Waals surface area contributed by atoms with Crippen molar-refractivity contribution in [3.63, 3.8) is 0 Å². The lowest BCUT2D eigenvalue weighted by Crippen LogP contribution is -2.26. The van der Waals surface area contributed by atoms with Gasteiger partial charge >= 0.3 is 12.1 Å². The fourth-order valence-corrected chi connectivity index (χ4v) is 4.82. The minimum atomic E-state index is -4.59. The van der Waals surface area contributed by atoms with E-state index in [9.17, 15) is 22.8 Å². The number of hydrogen-bond donors (Lipinski definition) is 1. The van der Waals surface area contributed by atoms with Crippen LogP contribution in [0.1, 0.15) is 55.6 Å². The molecule has 1 N–H and O–H groups in total. The van der Waals surface area contributed by atoms with E-state index in [2.05, 4.69) is 5.32 Å². The van der Waals surface area contributed by atoms with E-state index in [-0.39, 0.29) is 24.5 Å². The van der Waals surface area contributed by atoms with Crippen molar-refractivity contribution < 1.29 is 41.7 Å². The maximum absolute atomic E-state index is 14.2. The Kier molecular flexibility index (Phi) is 10.2. The average Bonchev–Trinajstić information content (AvgIpc) is 3.40. The van der Waals surface area contributed by atoms with Gasteiger partial charge in [-0.2, -0.15) is 13.2 Å². The average molecular weight is 647 g/mol. The molecule has 1 aromatic heterocycles. The maximum atomic E-state index is 14.2. The normalized spacial score (nSPS) is 12.5. The van der Waals surface area contributed by atoms with Gasteiger partial charge < -0.3 is 24.3 Å². The van der Waals surface area contributed by atoms with Gasteiger partial charge in [-0.3, -0.25) is 14.2 Å². The summed E-state index contributed by atoms with van der Waals surface area (Å²) in [5.74, 6) is 0.196. The number of fused-ring (bicyclic) bond motifs is 1. The van der Waals surface area contributed by atoms with Crippen LogP contribution in [-0.4, -0.2) is 42.9 Å². The second-order valence-electron chi connectivity index (χ2n) is 11.2. The topological polar surface area (TPSA) is 88.0 Å². The largest absolute Gasteiger partial charge is 0.497 e. The maximum Gasteiger partial charge on any atom is 0.416 e. The van der Waals surface area contributed by atoms with Crippen molar-refractivity contribution in [2.45, 2.75) is 51.4 Å². The van der Waals surface area contributed by atoms with Crippen LogP contribution in [-0.2, 0) is 15.7 Å². The quantitative estimate of drug-likeness (QED) is 0.129. The zero-order chi connectivity index (χ0) is 32.9. The van der Waals surface area contributed by atoms with Crippen LogP contribution in [0.15, 0.2) is 66.9 Å². The Balaban J connectivity index is 1.67. The lowest BCUT2D eigenvalue weighted by Gasteiger charge is -2.23. The summed E-state index contributed by atoms with van der Waals surface area (Å²) in [6.07, 6.45) is -2.60. The van der Waals surface area contributed by atoms with E-state index < -0.39 is 29.3 Å². The number of anilines is 1. The van der Waals surface area contributed by atoms with Gasteiger partial charge in [0.1, 0.15) is 28.9 Å². The van der Waals surface area contributed by atoms with Gasteiger partial charge in [0.2, 0.25) is 0 Å². The predicted molar refractivity (Wildman–Crippen MR) is 166 cm³/mol. The fraction of sp³-hybridized carbons (Fsp3) is 0.333. The van der Waals surface area contributed by atoms with Gasteiger partial charge in [0, 0.05) is 52.5 Å². The number of carbonyl (C=O) groups is 2. The van der Waals surface area contributed by atoms with E-state index in [0.29, 0.717) is 45.3 Å².